The summed E-state index contributed by atoms with van der Waals surface area (Å²) in [6.45, 7) is 1.84. The second kappa shape index (κ2) is 7.39. The quantitative estimate of drug-likeness (QED) is 0.538. The lowest BCUT2D eigenvalue weighted by Gasteiger charge is -2.09. The minimum Gasteiger partial charge on any atom is -0.416 e. The molecule has 0 spiro atoms. The molecule has 4 rings (SSSR count). The molecule has 144 valence electrons. The molecular formula is C19H22N2O4S2. The van der Waals surface area contributed by atoms with E-state index in [1.807, 2.05) is 19.1 Å². The molecular weight excluding hydrogens is 384 g/mol. The van der Waals surface area contributed by atoms with Crippen LogP contribution in [0.5, 0.6) is 0 Å². The van der Waals surface area contributed by atoms with Crippen molar-refractivity contribution in [3.05, 3.63) is 40.8 Å². The fourth-order valence-corrected chi connectivity index (χ4v) is 6.45. The molecule has 1 aliphatic heterocycles. The van der Waals surface area contributed by atoms with Crippen LogP contribution in [0.4, 0.5) is 0 Å². The van der Waals surface area contributed by atoms with Gasteiger partial charge in [-0.15, -0.1) is 10.2 Å². The molecule has 0 saturated carbocycles. The lowest BCUT2D eigenvalue weighted by atomic mass is 10.0. The summed E-state index contributed by atoms with van der Waals surface area (Å²) in [5.74, 6) is 0.956. The summed E-state index contributed by atoms with van der Waals surface area (Å²) in [4.78, 5) is 12.7. The Kier molecular flexibility index (Phi) is 5.11. The molecule has 0 amide bonds. The minimum atomic E-state index is -2.91. The summed E-state index contributed by atoms with van der Waals surface area (Å²) >= 11 is 1.25. The van der Waals surface area contributed by atoms with Crippen LogP contribution in [-0.2, 0) is 29.1 Å². The van der Waals surface area contributed by atoms with Crippen molar-refractivity contribution in [2.45, 2.75) is 49.5 Å². The first-order valence-electron chi connectivity index (χ1n) is 9.25. The number of carbonyl (C=O) groups excluding carboxylic acids is 1. The molecule has 1 aliphatic carbocycles. The number of fused-ring (bicyclic) bond motifs is 1. The van der Waals surface area contributed by atoms with Crippen molar-refractivity contribution in [2.24, 2.45) is 5.92 Å². The summed E-state index contributed by atoms with van der Waals surface area (Å²) in [6.07, 6.45) is 4.41. The highest BCUT2D eigenvalue weighted by atomic mass is 32.2. The van der Waals surface area contributed by atoms with Gasteiger partial charge in [-0.3, -0.25) is 4.79 Å². The van der Waals surface area contributed by atoms with E-state index in [1.54, 1.807) is 0 Å². The second-order valence-corrected chi connectivity index (χ2v) is 10.9. The predicted octanol–water partition coefficient (Wildman–Crippen LogP) is 2.90. The summed E-state index contributed by atoms with van der Waals surface area (Å²) in [5, 5.41) is 8.05. The van der Waals surface area contributed by atoms with E-state index in [9.17, 15) is 13.2 Å². The Bertz CT molecular complexity index is 968. The Hall–Kier alpha value is -1.67. The molecule has 0 N–H and O–H groups in total. The van der Waals surface area contributed by atoms with Gasteiger partial charge in [-0.25, -0.2) is 8.42 Å². The van der Waals surface area contributed by atoms with Crippen molar-refractivity contribution in [1.82, 2.24) is 10.2 Å². The van der Waals surface area contributed by atoms with E-state index in [0.717, 1.165) is 24.8 Å². The van der Waals surface area contributed by atoms with Gasteiger partial charge in [0.15, 0.2) is 15.6 Å². The summed E-state index contributed by atoms with van der Waals surface area (Å²) < 4.78 is 28.7. The maximum atomic E-state index is 12.7. The van der Waals surface area contributed by atoms with Crippen LogP contribution < -0.4 is 0 Å². The highest BCUT2D eigenvalue weighted by molar-refractivity contribution is 8.00. The normalized spacial score (nSPS) is 21.9. The molecule has 2 aromatic rings. The number of carbonyl (C=O) groups is 1. The topological polar surface area (TPSA) is 90.1 Å². The van der Waals surface area contributed by atoms with Crippen LogP contribution in [0.1, 0.15) is 47.1 Å². The maximum absolute atomic E-state index is 12.7. The number of nitrogens with zero attached hydrogens (tertiary/aromatic N) is 2. The molecule has 27 heavy (non-hydrogen) atoms. The second-order valence-electron chi connectivity index (χ2n) is 7.40. The number of aryl methyl sites for hydroxylation is 2. The molecule has 2 atom stereocenters. The average Bonchev–Trinajstić information content (AvgIpc) is 3.34. The van der Waals surface area contributed by atoms with E-state index in [-0.39, 0.29) is 28.5 Å². The van der Waals surface area contributed by atoms with Gasteiger partial charge in [-0.1, -0.05) is 23.9 Å². The van der Waals surface area contributed by atoms with E-state index in [4.69, 9.17) is 4.42 Å². The molecule has 1 saturated heterocycles. The maximum Gasteiger partial charge on any atom is 0.277 e. The lowest BCUT2D eigenvalue weighted by Crippen LogP contribution is -2.13. The van der Waals surface area contributed by atoms with Crippen molar-refractivity contribution < 1.29 is 17.6 Å². The Balaban J connectivity index is 1.37. The van der Waals surface area contributed by atoms with Gasteiger partial charge in [0.25, 0.3) is 5.22 Å². The standard InChI is InChI=1S/C19H22N2O4S2/c1-12(18(22)16-6-5-14-3-2-4-15(14)10-16)26-19-21-20-17(25-19)9-13-7-8-27(23,24)11-13/h5-6,10,12-13H,2-4,7-9,11H2,1H3/t12-,13-/m1/s1. The molecule has 8 heteroatoms. The van der Waals surface area contributed by atoms with Crippen LogP contribution in [0, 0.1) is 5.92 Å². The number of hydrogen-bond donors (Lipinski definition) is 0. The molecule has 0 radical (unpaired) electrons. The van der Waals surface area contributed by atoms with Crippen molar-refractivity contribution in [3.8, 4) is 0 Å². The number of rotatable bonds is 6. The van der Waals surface area contributed by atoms with Crippen LogP contribution in [0.15, 0.2) is 27.8 Å². The molecule has 0 bridgehead atoms. The Morgan fingerprint density at radius 2 is 2.11 bits per heavy atom. The fourth-order valence-electron chi connectivity index (χ4n) is 3.81. The molecule has 1 fully saturated rings. The lowest BCUT2D eigenvalue weighted by molar-refractivity contribution is 0.0993. The monoisotopic (exact) mass is 406 g/mol. The van der Waals surface area contributed by atoms with Gasteiger partial charge < -0.3 is 4.42 Å². The van der Waals surface area contributed by atoms with E-state index < -0.39 is 9.84 Å². The zero-order chi connectivity index (χ0) is 19.0. The van der Waals surface area contributed by atoms with Crippen LogP contribution >= 0.6 is 11.8 Å². The van der Waals surface area contributed by atoms with E-state index in [2.05, 4.69) is 16.3 Å². The largest absolute Gasteiger partial charge is 0.416 e. The predicted molar refractivity (Wildman–Crippen MR) is 103 cm³/mol. The SMILES string of the molecule is C[C@@H](Sc1nnc(C[C@H]2CCS(=O)(=O)C2)o1)C(=O)c1ccc2c(c1)CCC2. The highest BCUT2D eigenvalue weighted by Crippen LogP contribution is 2.29. The van der Waals surface area contributed by atoms with Gasteiger partial charge in [0, 0.05) is 12.0 Å². The first-order valence-corrected chi connectivity index (χ1v) is 12.0. The first-order chi connectivity index (χ1) is 12.9. The Morgan fingerprint density at radius 1 is 1.30 bits per heavy atom. The highest BCUT2D eigenvalue weighted by Gasteiger charge is 2.29. The fraction of sp³-hybridized carbons (Fsp3) is 0.526. The van der Waals surface area contributed by atoms with Gasteiger partial charge in [-0.05, 0) is 55.7 Å². The number of hydrogen-bond acceptors (Lipinski definition) is 7. The minimum absolute atomic E-state index is 0.0405. The van der Waals surface area contributed by atoms with Crippen LogP contribution in [0.3, 0.4) is 0 Å². The number of ketones is 1. The molecule has 1 aromatic carbocycles. The molecule has 0 unspecified atom stereocenters. The molecule has 2 aliphatic rings. The van der Waals surface area contributed by atoms with Gasteiger partial charge in [0.1, 0.15) is 0 Å². The van der Waals surface area contributed by atoms with Crippen molar-refractivity contribution in [2.75, 3.05) is 11.5 Å². The zero-order valence-corrected chi connectivity index (χ0v) is 16.8. The van der Waals surface area contributed by atoms with Gasteiger partial charge in [-0.2, -0.15) is 0 Å². The van der Waals surface area contributed by atoms with E-state index >= 15 is 0 Å². The van der Waals surface area contributed by atoms with E-state index in [1.165, 1.54) is 22.9 Å². The number of Topliss-reactive ketones (excluding diaryl/α,β-unsaturated/α-hetero) is 1. The number of benzene rings is 1. The van der Waals surface area contributed by atoms with Gasteiger partial charge in [0.05, 0.1) is 16.8 Å². The third-order valence-corrected chi connectivity index (χ3v) is 8.04. The third kappa shape index (κ3) is 4.27. The Morgan fingerprint density at radius 3 is 2.89 bits per heavy atom. The van der Waals surface area contributed by atoms with Crippen LogP contribution in [0.2, 0.25) is 0 Å². The smallest absolute Gasteiger partial charge is 0.277 e. The molecule has 1 aromatic heterocycles. The number of sulfone groups is 1. The third-order valence-electron chi connectivity index (χ3n) is 5.27. The first kappa shape index (κ1) is 18.7. The van der Waals surface area contributed by atoms with E-state index in [0.29, 0.717) is 24.0 Å². The summed E-state index contributed by atoms with van der Waals surface area (Å²) in [7, 11) is -2.91. The van der Waals surface area contributed by atoms with Crippen molar-refractivity contribution in [3.63, 3.8) is 0 Å². The van der Waals surface area contributed by atoms with Crippen LogP contribution in [0.25, 0.3) is 0 Å². The van der Waals surface area contributed by atoms with Crippen LogP contribution in [-0.4, -0.2) is 41.2 Å². The van der Waals surface area contributed by atoms with Crippen molar-refractivity contribution >= 4 is 27.4 Å². The van der Waals surface area contributed by atoms with Crippen molar-refractivity contribution in [1.29, 1.82) is 0 Å². The average molecular weight is 407 g/mol. The Labute approximate surface area is 163 Å². The number of aromatic nitrogens is 2. The molecule has 2 heterocycles. The van der Waals surface area contributed by atoms with Gasteiger partial charge >= 0.3 is 0 Å². The zero-order valence-electron chi connectivity index (χ0n) is 15.2. The summed E-state index contributed by atoms with van der Waals surface area (Å²) in [6, 6.07) is 5.98. The number of thioether (sulfide) groups is 1. The molecule has 6 nitrogen and oxygen atoms in total. The van der Waals surface area contributed by atoms with Gasteiger partial charge in [0.2, 0.25) is 5.89 Å². The summed E-state index contributed by atoms with van der Waals surface area (Å²) in [5.41, 5.74) is 3.36.